The Morgan fingerprint density at radius 2 is 1.84 bits per heavy atom. The molecule has 2 rings (SSSR count). The zero-order chi connectivity index (χ0) is 18.4. The quantitative estimate of drug-likeness (QED) is 0.666. The van der Waals surface area contributed by atoms with Gasteiger partial charge in [0.25, 0.3) is 5.56 Å². The Hall–Kier alpha value is -3.29. The van der Waals surface area contributed by atoms with Crippen LogP contribution in [0.3, 0.4) is 0 Å². The van der Waals surface area contributed by atoms with Crippen molar-refractivity contribution >= 4 is 23.4 Å². The molecule has 0 aliphatic heterocycles. The molecule has 0 bridgehead atoms. The van der Waals surface area contributed by atoms with Crippen LogP contribution in [0.1, 0.15) is 25.5 Å². The summed E-state index contributed by atoms with van der Waals surface area (Å²) in [5.74, 6) is 0. The second-order valence-electron chi connectivity index (χ2n) is 5.44. The number of nitrogens with two attached hydrogens (primary N) is 1. The van der Waals surface area contributed by atoms with Gasteiger partial charge in [0.15, 0.2) is 0 Å². The number of aromatic nitrogens is 1. The minimum Gasteiger partial charge on any atom is -0.351 e. The molecule has 0 saturated heterocycles. The van der Waals surface area contributed by atoms with E-state index in [0.717, 1.165) is 5.56 Å². The molecule has 1 heterocycles. The summed E-state index contributed by atoms with van der Waals surface area (Å²) in [6.07, 6.45) is 1.66. The first-order chi connectivity index (χ1) is 11.9. The van der Waals surface area contributed by atoms with E-state index in [0.29, 0.717) is 12.2 Å². The van der Waals surface area contributed by atoms with Crippen LogP contribution in [0.5, 0.6) is 0 Å². The summed E-state index contributed by atoms with van der Waals surface area (Å²) < 4.78 is 1.50. The second kappa shape index (κ2) is 8.00. The Balaban J connectivity index is 2.00. The van der Waals surface area contributed by atoms with Gasteiger partial charge in [-0.3, -0.25) is 4.79 Å². The molecular weight excluding hydrogens is 322 g/mol. The van der Waals surface area contributed by atoms with Crippen LogP contribution < -0.4 is 27.2 Å². The first-order valence-electron chi connectivity index (χ1n) is 7.84. The van der Waals surface area contributed by atoms with Crippen molar-refractivity contribution in [3.63, 3.8) is 0 Å². The number of anilines is 2. The van der Waals surface area contributed by atoms with Gasteiger partial charge < -0.3 is 26.3 Å². The first kappa shape index (κ1) is 18.1. The van der Waals surface area contributed by atoms with Crippen LogP contribution >= 0.6 is 0 Å². The lowest BCUT2D eigenvalue weighted by molar-refractivity contribution is 0.249. The second-order valence-corrected chi connectivity index (χ2v) is 5.44. The molecule has 0 saturated carbocycles. The summed E-state index contributed by atoms with van der Waals surface area (Å²) in [5.41, 5.74) is 6.42. The van der Waals surface area contributed by atoms with Gasteiger partial charge in [0.1, 0.15) is 5.69 Å². The number of nitrogens with one attached hydrogen (secondary N) is 3. The highest BCUT2D eigenvalue weighted by Crippen LogP contribution is 2.16. The van der Waals surface area contributed by atoms with Crippen LogP contribution in [-0.4, -0.2) is 16.6 Å². The zero-order valence-corrected chi connectivity index (χ0v) is 14.1. The van der Waals surface area contributed by atoms with E-state index < -0.39 is 12.1 Å². The van der Waals surface area contributed by atoms with Gasteiger partial charge in [-0.2, -0.15) is 0 Å². The number of rotatable bonds is 5. The van der Waals surface area contributed by atoms with Gasteiger partial charge in [-0.25, -0.2) is 9.59 Å². The molecule has 8 nitrogen and oxygen atoms in total. The highest BCUT2D eigenvalue weighted by Gasteiger charge is 2.11. The average molecular weight is 343 g/mol. The maximum absolute atomic E-state index is 12.1. The molecule has 0 fully saturated rings. The van der Waals surface area contributed by atoms with Crippen molar-refractivity contribution in [1.29, 1.82) is 0 Å². The summed E-state index contributed by atoms with van der Waals surface area (Å²) in [7, 11) is 0. The average Bonchev–Trinajstić information content (AvgIpc) is 2.56. The molecule has 25 heavy (non-hydrogen) atoms. The van der Waals surface area contributed by atoms with Gasteiger partial charge in [-0.15, -0.1) is 0 Å². The molecule has 0 radical (unpaired) electrons. The number of carbonyl (C=O) groups is 2. The van der Waals surface area contributed by atoms with Crippen LogP contribution in [-0.2, 0) is 6.54 Å². The summed E-state index contributed by atoms with van der Waals surface area (Å²) >= 11 is 0. The lowest BCUT2D eigenvalue weighted by atomic mass is 10.1. The maximum atomic E-state index is 12.1. The van der Waals surface area contributed by atoms with Crippen LogP contribution in [0.4, 0.5) is 21.0 Å². The third kappa shape index (κ3) is 4.84. The number of aryl methyl sites for hydroxylation is 1. The fourth-order valence-corrected chi connectivity index (χ4v) is 2.32. The summed E-state index contributed by atoms with van der Waals surface area (Å²) in [6, 6.07) is 8.76. The predicted octanol–water partition coefficient (Wildman–Crippen LogP) is 2.24. The van der Waals surface area contributed by atoms with Gasteiger partial charge in [-0.1, -0.05) is 12.1 Å². The number of pyridine rings is 1. The van der Waals surface area contributed by atoms with E-state index in [1.807, 2.05) is 13.8 Å². The number of nitrogens with zero attached hydrogens (tertiary/aromatic N) is 1. The van der Waals surface area contributed by atoms with E-state index in [1.165, 1.54) is 4.57 Å². The normalized spacial score (nSPS) is 11.4. The molecule has 1 unspecified atom stereocenters. The number of urea groups is 2. The van der Waals surface area contributed by atoms with Crippen molar-refractivity contribution in [3.8, 4) is 0 Å². The van der Waals surface area contributed by atoms with Crippen molar-refractivity contribution in [2.45, 2.75) is 26.4 Å². The Bertz CT molecular complexity index is 814. The molecule has 132 valence electrons. The van der Waals surface area contributed by atoms with E-state index in [1.54, 1.807) is 42.6 Å². The molecule has 1 aromatic carbocycles. The zero-order valence-electron chi connectivity index (χ0n) is 14.1. The number of amides is 4. The number of hydrogen-bond acceptors (Lipinski definition) is 3. The van der Waals surface area contributed by atoms with Gasteiger partial charge in [-0.05, 0) is 43.7 Å². The van der Waals surface area contributed by atoms with Crippen LogP contribution in [0.2, 0.25) is 0 Å². The van der Waals surface area contributed by atoms with Crippen LogP contribution in [0, 0.1) is 0 Å². The van der Waals surface area contributed by atoms with E-state index >= 15 is 0 Å². The first-order valence-corrected chi connectivity index (χ1v) is 7.84. The summed E-state index contributed by atoms with van der Waals surface area (Å²) in [6.45, 7) is 4.19. The molecular formula is C17H21N5O3. The fourth-order valence-electron chi connectivity index (χ4n) is 2.32. The third-order valence-electron chi connectivity index (χ3n) is 3.63. The largest absolute Gasteiger partial charge is 0.351 e. The molecule has 4 amide bonds. The lowest BCUT2D eigenvalue weighted by Gasteiger charge is -2.16. The summed E-state index contributed by atoms with van der Waals surface area (Å²) in [4.78, 5) is 35.0. The topological polar surface area (TPSA) is 118 Å². The van der Waals surface area contributed by atoms with Gasteiger partial charge in [0.2, 0.25) is 0 Å². The van der Waals surface area contributed by atoms with Gasteiger partial charge in [0.05, 0.1) is 6.04 Å². The van der Waals surface area contributed by atoms with E-state index in [-0.39, 0.29) is 17.3 Å². The molecule has 1 atom stereocenters. The molecule has 0 aliphatic rings. The predicted molar refractivity (Wildman–Crippen MR) is 96.6 cm³/mol. The standard InChI is InChI=1S/C17H21N5O3/c1-3-22-10-4-5-14(15(22)23)21-17(25)19-11(2)12-6-8-13(9-7-12)20-16(18)24/h4-11H,3H2,1-2H3,(H3,18,20,24)(H2,19,21,25). The molecule has 8 heteroatoms. The Kier molecular flexibility index (Phi) is 5.78. The molecule has 5 N–H and O–H groups in total. The minimum atomic E-state index is -0.640. The number of benzene rings is 1. The summed E-state index contributed by atoms with van der Waals surface area (Å²) in [5, 5.41) is 7.79. The van der Waals surface area contributed by atoms with Gasteiger partial charge >= 0.3 is 12.1 Å². The smallest absolute Gasteiger partial charge is 0.319 e. The lowest BCUT2D eigenvalue weighted by Crippen LogP contribution is -2.34. The highest BCUT2D eigenvalue weighted by atomic mass is 16.2. The SMILES string of the molecule is CCn1cccc(NC(=O)NC(C)c2ccc(NC(N)=O)cc2)c1=O. The fraction of sp³-hybridized carbons (Fsp3) is 0.235. The third-order valence-corrected chi connectivity index (χ3v) is 3.63. The van der Waals surface area contributed by atoms with Crippen molar-refractivity contribution in [1.82, 2.24) is 9.88 Å². The highest BCUT2D eigenvalue weighted by molar-refractivity contribution is 5.89. The minimum absolute atomic E-state index is 0.218. The Morgan fingerprint density at radius 1 is 1.16 bits per heavy atom. The number of hydrogen-bond donors (Lipinski definition) is 4. The molecule has 0 spiro atoms. The van der Waals surface area contributed by atoms with E-state index in [2.05, 4.69) is 16.0 Å². The van der Waals surface area contributed by atoms with Crippen LogP contribution in [0.25, 0.3) is 0 Å². The number of primary amides is 1. The molecule has 1 aromatic heterocycles. The van der Waals surface area contributed by atoms with E-state index in [9.17, 15) is 14.4 Å². The number of carbonyl (C=O) groups excluding carboxylic acids is 2. The Morgan fingerprint density at radius 3 is 2.44 bits per heavy atom. The van der Waals surface area contributed by atoms with Crippen molar-refractivity contribution in [2.75, 3.05) is 10.6 Å². The van der Waals surface area contributed by atoms with Crippen LogP contribution in [0.15, 0.2) is 47.4 Å². The van der Waals surface area contributed by atoms with Crippen molar-refractivity contribution < 1.29 is 9.59 Å². The van der Waals surface area contributed by atoms with Crippen molar-refractivity contribution in [3.05, 3.63) is 58.5 Å². The Labute approximate surface area is 145 Å². The molecule has 2 aromatic rings. The van der Waals surface area contributed by atoms with Gasteiger partial charge in [0, 0.05) is 18.4 Å². The molecule has 0 aliphatic carbocycles. The maximum Gasteiger partial charge on any atom is 0.319 e. The monoisotopic (exact) mass is 343 g/mol. The van der Waals surface area contributed by atoms with Crippen molar-refractivity contribution in [2.24, 2.45) is 5.73 Å². The van der Waals surface area contributed by atoms with E-state index in [4.69, 9.17) is 5.73 Å².